The molecule has 2 atom stereocenters. The molecule has 2 unspecified atom stereocenters. The minimum atomic E-state index is -0.166. The maximum absolute atomic E-state index is 13.7. The van der Waals surface area contributed by atoms with Crippen molar-refractivity contribution in [1.29, 1.82) is 0 Å². The Hall–Kier alpha value is -0.930. The van der Waals surface area contributed by atoms with Gasteiger partial charge in [-0.05, 0) is 48.9 Å². The van der Waals surface area contributed by atoms with E-state index in [1.165, 1.54) is 0 Å². The van der Waals surface area contributed by atoms with E-state index in [9.17, 15) is 4.39 Å². The van der Waals surface area contributed by atoms with Crippen molar-refractivity contribution < 1.29 is 9.50 Å². The highest BCUT2D eigenvalue weighted by molar-refractivity contribution is 5.26. The van der Waals surface area contributed by atoms with Crippen molar-refractivity contribution in [3.8, 4) is 0 Å². The summed E-state index contributed by atoms with van der Waals surface area (Å²) in [7, 11) is 0. The summed E-state index contributed by atoms with van der Waals surface area (Å²) in [5.41, 5.74) is 7.15. The van der Waals surface area contributed by atoms with E-state index >= 15 is 0 Å². The number of aliphatic hydroxyl groups is 1. The van der Waals surface area contributed by atoms with Crippen LogP contribution in [-0.2, 0) is 0 Å². The van der Waals surface area contributed by atoms with Crippen LogP contribution in [0.15, 0.2) is 18.2 Å². The number of hydrogen-bond donors (Lipinski definition) is 2. The van der Waals surface area contributed by atoms with E-state index in [-0.39, 0.29) is 24.3 Å². The second-order valence-electron chi connectivity index (χ2n) is 4.45. The monoisotopic (exact) mass is 225 g/mol. The molecular formula is C13H20FNO. The van der Waals surface area contributed by atoms with Gasteiger partial charge in [0.2, 0.25) is 0 Å². The zero-order valence-corrected chi connectivity index (χ0v) is 9.91. The van der Waals surface area contributed by atoms with Gasteiger partial charge in [0.05, 0.1) is 0 Å². The van der Waals surface area contributed by atoms with Gasteiger partial charge in [0, 0.05) is 6.61 Å². The van der Waals surface area contributed by atoms with Crippen LogP contribution in [0.25, 0.3) is 0 Å². The Bertz CT molecular complexity index is 337. The molecule has 3 N–H and O–H groups in total. The van der Waals surface area contributed by atoms with E-state index in [1.807, 2.05) is 26.0 Å². The lowest BCUT2D eigenvalue weighted by Crippen LogP contribution is -2.20. The molecule has 0 saturated heterocycles. The van der Waals surface area contributed by atoms with Crippen molar-refractivity contribution in [3.63, 3.8) is 0 Å². The molecule has 1 rings (SSSR count). The molecule has 0 spiro atoms. The Balaban J connectivity index is 2.76. The largest absolute Gasteiger partial charge is 0.396 e. The molecule has 0 radical (unpaired) electrons. The van der Waals surface area contributed by atoms with E-state index in [2.05, 4.69) is 0 Å². The summed E-state index contributed by atoms with van der Waals surface area (Å²) in [5, 5.41) is 9.06. The molecule has 0 amide bonds. The molecule has 2 nitrogen and oxygen atoms in total. The highest BCUT2D eigenvalue weighted by Gasteiger charge is 2.15. The van der Waals surface area contributed by atoms with Gasteiger partial charge < -0.3 is 10.8 Å². The molecule has 0 fully saturated rings. The van der Waals surface area contributed by atoms with Crippen LogP contribution in [0.2, 0.25) is 0 Å². The van der Waals surface area contributed by atoms with Gasteiger partial charge in [0.1, 0.15) is 5.82 Å². The number of hydrogen-bond acceptors (Lipinski definition) is 2. The smallest absolute Gasteiger partial charge is 0.126 e. The van der Waals surface area contributed by atoms with E-state index < -0.39 is 0 Å². The SMILES string of the molecule is Cc1ccc(C(C)CC(CN)CO)c(F)c1. The fourth-order valence-electron chi connectivity index (χ4n) is 1.90. The summed E-state index contributed by atoms with van der Waals surface area (Å²) >= 11 is 0. The maximum atomic E-state index is 13.7. The summed E-state index contributed by atoms with van der Waals surface area (Å²) in [6.45, 7) is 4.34. The molecular weight excluding hydrogens is 205 g/mol. The first-order valence-corrected chi connectivity index (χ1v) is 5.65. The predicted molar refractivity (Wildman–Crippen MR) is 63.8 cm³/mol. The Morgan fingerprint density at radius 1 is 1.44 bits per heavy atom. The lowest BCUT2D eigenvalue weighted by Gasteiger charge is -2.18. The second-order valence-corrected chi connectivity index (χ2v) is 4.45. The second kappa shape index (κ2) is 5.97. The van der Waals surface area contributed by atoms with Gasteiger partial charge in [-0.1, -0.05) is 19.1 Å². The third-order valence-corrected chi connectivity index (χ3v) is 2.97. The fourth-order valence-corrected chi connectivity index (χ4v) is 1.90. The summed E-state index contributed by atoms with van der Waals surface area (Å²) in [6.07, 6.45) is 0.715. The molecule has 0 bridgehead atoms. The number of aliphatic hydroxyl groups excluding tert-OH is 1. The summed E-state index contributed by atoms with van der Waals surface area (Å²) < 4.78 is 13.7. The van der Waals surface area contributed by atoms with E-state index in [0.717, 1.165) is 5.56 Å². The van der Waals surface area contributed by atoms with Crippen LogP contribution in [0, 0.1) is 18.7 Å². The average molecular weight is 225 g/mol. The van der Waals surface area contributed by atoms with Crippen molar-refractivity contribution in [2.24, 2.45) is 11.7 Å². The minimum absolute atomic E-state index is 0.0516. The van der Waals surface area contributed by atoms with E-state index in [0.29, 0.717) is 18.5 Å². The number of halogens is 1. The predicted octanol–water partition coefficient (Wildman–Crippen LogP) is 2.19. The first kappa shape index (κ1) is 13.1. The van der Waals surface area contributed by atoms with Crippen LogP contribution >= 0.6 is 0 Å². The van der Waals surface area contributed by atoms with Crippen LogP contribution in [0.5, 0.6) is 0 Å². The van der Waals surface area contributed by atoms with Crippen molar-refractivity contribution in [1.82, 2.24) is 0 Å². The Morgan fingerprint density at radius 2 is 2.12 bits per heavy atom. The zero-order valence-electron chi connectivity index (χ0n) is 9.91. The van der Waals surface area contributed by atoms with Crippen LogP contribution in [0.3, 0.4) is 0 Å². The standard InChI is InChI=1S/C13H20FNO/c1-9-3-4-12(13(14)5-9)10(2)6-11(7-15)8-16/h3-5,10-11,16H,6-8,15H2,1-2H3. The zero-order chi connectivity index (χ0) is 12.1. The lowest BCUT2D eigenvalue weighted by molar-refractivity contribution is 0.216. The Kier molecular flexibility index (Phi) is 4.90. The van der Waals surface area contributed by atoms with Crippen LogP contribution < -0.4 is 5.73 Å². The fraction of sp³-hybridized carbons (Fsp3) is 0.538. The number of rotatable bonds is 5. The summed E-state index contributed by atoms with van der Waals surface area (Å²) in [5.74, 6) is -0.0294. The number of benzene rings is 1. The number of aryl methyl sites for hydroxylation is 1. The maximum Gasteiger partial charge on any atom is 0.126 e. The average Bonchev–Trinajstić information content (AvgIpc) is 2.25. The highest BCUT2D eigenvalue weighted by Crippen LogP contribution is 2.25. The molecule has 3 heteroatoms. The third kappa shape index (κ3) is 3.29. The van der Waals surface area contributed by atoms with Crippen molar-refractivity contribution in [2.45, 2.75) is 26.2 Å². The molecule has 1 aromatic carbocycles. The lowest BCUT2D eigenvalue weighted by atomic mass is 9.90. The normalized spacial score (nSPS) is 14.8. The molecule has 0 aromatic heterocycles. The molecule has 90 valence electrons. The van der Waals surface area contributed by atoms with Gasteiger partial charge >= 0.3 is 0 Å². The number of nitrogens with two attached hydrogens (primary N) is 1. The quantitative estimate of drug-likeness (QED) is 0.807. The van der Waals surface area contributed by atoms with E-state index in [4.69, 9.17) is 10.8 Å². The van der Waals surface area contributed by atoms with Crippen molar-refractivity contribution >= 4 is 0 Å². The molecule has 0 aliphatic carbocycles. The van der Waals surface area contributed by atoms with Gasteiger partial charge in [0.25, 0.3) is 0 Å². The Labute approximate surface area is 96.3 Å². The van der Waals surface area contributed by atoms with Gasteiger partial charge in [0.15, 0.2) is 0 Å². The third-order valence-electron chi connectivity index (χ3n) is 2.97. The molecule has 16 heavy (non-hydrogen) atoms. The summed E-state index contributed by atoms with van der Waals surface area (Å²) in [6, 6.07) is 5.27. The van der Waals surface area contributed by atoms with Crippen LogP contribution in [0.4, 0.5) is 4.39 Å². The topological polar surface area (TPSA) is 46.2 Å². The van der Waals surface area contributed by atoms with Gasteiger partial charge in [-0.2, -0.15) is 0 Å². The highest BCUT2D eigenvalue weighted by atomic mass is 19.1. The van der Waals surface area contributed by atoms with Crippen LogP contribution in [-0.4, -0.2) is 18.3 Å². The van der Waals surface area contributed by atoms with Gasteiger partial charge in [-0.15, -0.1) is 0 Å². The molecule has 0 aliphatic rings. The first-order chi connectivity index (χ1) is 7.58. The van der Waals surface area contributed by atoms with Gasteiger partial charge in [-0.25, -0.2) is 4.39 Å². The van der Waals surface area contributed by atoms with Crippen molar-refractivity contribution in [3.05, 3.63) is 35.1 Å². The molecule has 0 heterocycles. The molecule has 0 aliphatic heterocycles. The van der Waals surface area contributed by atoms with Crippen LogP contribution in [0.1, 0.15) is 30.4 Å². The molecule has 1 aromatic rings. The Morgan fingerprint density at radius 3 is 2.62 bits per heavy atom. The minimum Gasteiger partial charge on any atom is -0.396 e. The van der Waals surface area contributed by atoms with Crippen molar-refractivity contribution in [2.75, 3.05) is 13.2 Å². The van der Waals surface area contributed by atoms with E-state index in [1.54, 1.807) is 6.07 Å². The first-order valence-electron chi connectivity index (χ1n) is 5.65. The molecule has 0 saturated carbocycles. The van der Waals surface area contributed by atoms with Gasteiger partial charge in [-0.3, -0.25) is 0 Å². The summed E-state index contributed by atoms with van der Waals surface area (Å²) in [4.78, 5) is 0.